The van der Waals surface area contributed by atoms with Gasteiger partial charge in [-0.15, -0.1) is 0 Å². The molecule has 7 nitrogen and oxygen atoms in total. The Hall–Kier alpha value is -1.15. The molecule has 0 heterocycles. The van der Waals surface area contributed by atoms with Crippen molar-refractivity contribution in [2.75, 3.05) is 13.1 Å². The third kappa shape index (κ3) is 3.95. The van der Waals surface area contributed by atoms with Gasteiger partial charge in [-0.2, -0.15) is 4.31 Å². The quantitative estimate of drug-likeness (QED) is 0.680. The number of carbonyl (C=O) groups excluding carboxylic acids is 1. The zero-order valence-electron chi connectivity index (χ0n) is 10.0. The Morgan fingerprint density at radius 2 is 1.72 bits per heavy atom. The minimum Gasteiger partial charge on any atom is -0.480 e. The van der Waals surface area contributed by atoms with Crippen LogP contribution in [-0.4, -0.2) is 48.0 Å². The van der Waals surface area contributed by atoms with E-state index in [1.807, 2.05) is 0 Å². The Labute approximate surface area is 106 Å². The first-order valence-corrected chi connectivity index (χ1v) is 7.33. The van der Waals surface area contributed by atoms with Gasteiger partial charge in [0.25, 0.3) is 0 Å². The lowest BCUT2D eigenvalue weighted by Crippen LogP contribution is -2.46. The van der Waals surface area contributed by atoms with E-state index < -0.39 is 40.2 Å². The highest BCUT2D eigenvalue weighted by Gasteiger charge is 2.34. The molecule has 8 heteroatoms. The van der Waals surface area contributed by atoms with Crippen LogP contribution in [0.25, 0.3) is 0 Å². The van der Waals surface area contributed by atoms with Crippen molar-refractivity contribution in [2.24, 2.45) is 5.73 Å². The van der Waals surface area contributed by atoms with Crippen LogP contribution in [0.3, 0.4) is 0 Å². The maximum Gasteiger partial charge on any atom is 0.318 e. The average molecular weight is 278 g/mol. The van der Waals surface area contributed by atoms with Crippen LogP contribution >= 0.6 is 0 Å². The number of carboxylic acid groups (broad SMARTS) is 1. The van der Waals surface area contributed by atoms with Crippen LogP contribution in [0, 0.1) is 0 Å². The molecule has 0 atom stereocenters. The number of rotatable bonds is 6. The van der Waals surface area contributed by atoms with Crippen molar-refractivity contribution in [2.45, 2.75) is 37.4 Å². The van der Waals surface area contributed by atoms with Crippen molar-refractivity contribution < 1.29 is 23.1 Å². The normalized spacial score (nSPS) is 17.8. The maximum absolute atomic E-state index is 12.2. The zero-order chi connectivity index (χ0) is 13.8. The average Bonchev–Trinajstić information content (AvgIpc) is 2.28. The van der Waals surface area contributed by atoms with Gasteiger partial charge in [0.05, 0.1) is 11.8 Å². The van der Waals surface area contributed by atoms with E-state index in [9.17, 15) is 18.0 Å². The summed E-state index contributed by atoms with van der Waals surface area (Å²) in [7, 11) is -3.76. The highest BCUT2D eigenvalue weighted by atomic mass is 32.2. The van der Waals surface area contributed by atoms with Crippen molar-refractivity contribution >= 4 is 21.9 Å². The zero-order valence-corrected chi connectivity index (χ0v) is 10.9. The van der Waals surface area contributed by atoms with Gasteiger partial charge in [-0.3, -0.25) is 9.59 Å². The lowest BCUT2D eigenvalue weighted by atomic mass is 10.0. The molecule has 3 N–H and O–H groups in total. The molecule has 1 saturated carbocycles. The summed E-state index contributed by atoms with van der Waals surface area (Å²) < 4.78 is 25.1. The minimum absolute atomic E-state index is 0.511. The second-order valence-electron chi connectivity index (χ2n) is 4.43. The van der Waals surface area contributed by atoms with Crippen molar-refractivity contribution in [1.82, 2.24) is 4.31 Å². The SMILES string of the molecule is NC(=O)CN(CC(=O)O)S(=O)(=O)C1CCCCC1. The maximum atomic E-state index is 12.2. The summed E-state index contributed by atoms with van der Waals surface area (Å²) in [6, 6.07) is 0. The van der Waals surface area contributed by atoms with Gasteiger partial charge in [-0.05, 0) is 12.8 Å². The lowest BCUT2D eigenvalue weighted by Gasteiger charge is -2.27. The number of carbonyl (C=O) groups is 2. The smallest absolute Gasteiger partial charge is 0.318 e. The number of hydrogen-bond acceptors (Lipinski definition) is 4. The summed E-state index contributed by atoms with van der Waals surface area (Å²) in [5.74, 6) is -2.15. The first-order chi connectivity index (χ1) is 8.34. The summed E-state index contributed by atoms with van der Waals surface area (Å²) in [6.07, 6.45) is 3.62. The van der Waals surface area contributed by atoms with Gasteiger partial charge >= 0.3 is 5.97 Å². The molecule has 0 aromatic carbocycles. The van der Waals surface area contributed by atoms with E-state index >= 15 is 0 Å². The molecule has 1 aliphatic rings. The number of nitrogens with zero attached hydrogens (tertiary/aromatic N) is 1. The summed E-state index contributed by atoms with van der Waals surface area (Å²) in [5, 5.41) is 8.11. The molecule has 1 fully saturated rings. The minimum atomic E-state index is -3.76. The summed E-state index contributed by atoms with van der Waals surface area (Å²) in [5.41, 5.74) is 4.96. The number of sulfonamides is 1. The molecule has 0 saturated heterocycles. The third-order valence-corrected chi connectivity index (χ3v) is 5.27. The summed E-state index contributed by atoms with van der Waals surface area (Å²) in [4.78, 5) is 21.5. The molecule has 0 aliphatic heterocycles. The van der Waals surface area contributed by atoms with Crippen molar-refractivity contribution in [3.63, 3.8) is 0 Å². The molecule has 104 valence electrons. The molecular formula is C10H18N2O5S. The van der Waals surface area contributed by atoms with E-state index in [1.165, 1.54) is 0 Å². The third-order valence-electron chi connectivity index (χ3n) is 2.98. The van der Waals surface area contributed by atoms with Gasteiger partial charge < -0.3 is 10.8 Å². The fourth-order valence-corrected chi connectivity index (χ4v) is 4.08. The molecule has 0 aromatic heterocycles. The Kier molecular flexibility index (Phi) is 5.09. The number of amides is 1. The molecule has 0 spiro atoms. The van der Waals surface area contributed by atoms with Gasteiger partial charge in [0.2, 0.25) is 15.9 Å². The first-order valence-electron chi connectivity index (χ1n) is 5.83. The van der Waals surface area contributed by atoms with Crippen LogP contribution in [0.15, 0.2) is 0 Å². The predicted molar refractivity (Wildman–Crippen MR) is 64.2 cm³/mol. The van der Waals surface area contributed by atoms with E-state index in [0.717, 1.165) is 19.3 Å². The highest BCUT2D eigenvalue weighted by molar-refractivity contribution is 7.89. The monoisotopic (exact) mass is 278 g/mol. The Morgan fingerprint density at radius 3 is 2.17 bits per heavy atom. The van der Waals surface area contributed by atoms with Gasteiger partial charge in [0.15, 0.2) is 0 Å². The standard InChI is InChI=1S/C10H18N2O5S/c11-9(13)6-12(7-10(14)15)18(16,17)8-4-2-1-3-5-8/h8H,1-7H2,(H2,11,13)(H,14,15). The molecule has 1 rings (SSSR count). The van der Waals surface area contributed by atoms with Crippen LogP contribution in [0.1, 0.15) is 32.1 Å². The second kappa shape index (κ2) is 6.14. The number of nitrogens with two attached hydrogens (primary N) is 1. The van der Waals surface area contributed by atoms with Crippen molar-refractivity contribution in [3.05, 3.63) is 0 Å². The molecule has 0 unspecified atom stereocenters. The molecule has 1 amide bonds. The Morgan fingerprint density at radius 1 is 1.17 bits per heavy atom. The molecule has 0 aromatic rings. The summed E-state index contributed by atoms with van der Waals surface area (Å²) >= 11 is 0. The van der Waals surface area contributed by atoms with Crippen LogP contribution < -0.4 is 5.73 Å². The van der Waals surface area contributed by atoms with E-state index in [4.69, 9.17) is 10.8 Å². The van der Waals surface area contributed by atoms with E-state index in [0.29, 0.717) is 17.1 Å². The highest BCUT2D eigenvalue weighted by Crippen LogP contribution is 2.25. The predicted octanol–water partition coefficient (Wildman–Crippen LogP) is -0.479. The van der Waals surface area contributed by atoms with E-state index in [1.54, 1.807) is 0 Å². The topological polar surface area (TPSA) is 118 Å². The Bertz CT molecular complexity index is 398. The molecular weight excluding hydrogens is 260 g/mol. The van der Waals surface area contributed by atoms with E-state index in [-0.39, 0.29) is 0 Å². The van der Waals surface area contributed by atoms with Crippen molar-refractivity contribution in [1.29, 1.82) is 0 Å². The van der Waals surface area contributed by atoms with Gasteiger partial charge in [0.1, 0.15) is 6.54 Å². The first kappa shape index (κ1) is 14.9. The largest absolute Gasteiger partial charge is 0.480 e. The molecule has 0 bridgehead atoms. The number of primary amides is 1. The molecule has 0 radical (unpaired) electrons. The second-order valence-corrected chi connectivity index (χ2v) is 6.65. The van der Waals surface area contributed by atoms with Gasteiger partial charge in [-0.1, -0.05) is 19.3 Å². The van der Waals surface area contributed by atoms with E-state index in [2.05, 4.69) is 0 Å². The number of carboxylic acids is 1. The van der Waals surface area contributed by atoms with Crippen LogP contribution in [-0.2, 0) is 19.6 Å². The fraction of sp³-hybridized carbons (Fsp3) is 0.800. The lowest BCUT2D eigenvalue weighted by molar-refractivity contribution is -0.137. The molecule has 1 aliphatic carbocycles. The summed E-state index contributed by atoms with van der Waals surface area (Å²) in [6.45, 7) is -1.30. The van der Waals surface area contributed by atoms with Gasteiger partial charge in [-0.25, -0.2) is 8.42 Å². The van der Waals surface area contributed by atoms with Crippen LogP contribution in [0.4, 0.5) is 0 Å². The Balaban J connectivity index is 2.86. The molecule has 18 heavy (non-hydrogen) atoms. The van der Waals surface area contributed by atoms with Crippen molar-refractivity contribution in [3.8, 4) is 0 Å². The number of hydrogen-bond donors (Lipinski definition) is 2. The fourth-order valence-electron chi connectivity index (χ4n) is 2.13. The van der Waals surface area contributed by atoms with Gasteiger partial charge in [0, 0.05) is 0 Å². The van der Waals surface area contributed by atoms with Crippen LogP contribution in [0.2, 0.25) is 0 Å². The number of aliphatic carboxylic acids is 1. The van der Waals surface area contributed by atoms with Crippen LogP contribution in [0.5, 0.6) is 0 Å².